The molecule has 0 bridgehead atoms. The number of hydrogen-bond acceptors (Lipinski definition) is 3. The van der Waals surface area contributed by atoms with E-state index in [1.54, 1.807) is 5.48 Å². The summed E-state index contributed by atoms with van der Waals surface area (Å²) in [5.41, 5.74) is 1.57. The van der Waals surface area contributed by atoms with Crippen LogP contribution in [0.1, 0.15) is 38.5 Å². The van der Waals surface area contributed by atoms with Gasteiger partial charge in [-0.05, 0) is 12.3 Å². The molecule has 1 saturated carbocycles. The molecule has 0 aliphatic heterocycles. The van der Waals surface area contributed by atoms with Crippen molar-refractivity contribution in [2.24, 2.45) is 11.8 Å². The number of terminal acetylenes is 1. The third kappa shape index (κ3) is 4.76. The molecule has 18 heavy (non-hydrogen) atoms. The molecule has 1 unspecified atom stereocenters. The average molecular weight is 252 g/mol. The summed E-state index contributed by atoms with van der Waals surface area (Å²) in [5.74, 6) is 1.68. The highest BCUT2D eigenvalue weighted by Gasteiger charge is 2.26. The van der Waals surface area contributed by atoms with Crippen LogP contribution in [0.2, 0.25) is 0 Å². The summed E-state index contributed by atoms with van der Waals surface area (Å²) in [6, 6.07) is 0. The third-order valence-corrected chi connectivity index (χ3v) is 3.38. The van der Waals surface area contributed by atoms with Crippen LogP contribution in [0.3, 0.4) is 0 Å². The summed E-state index contributed by atoms with van der Waals surface area (Å²) in [5, 5.41) is 11.1. The van der Waals surface area contributed by atoms with Crippen LogP contribution < -0.4 is 10.8 Å². The van der Waals surface area contributed by atoms with E-state index in [1.807, 2.05) is 0 Å². The van der Waals surface area contributed by atoms with Crippen molar-refractivity contribution in [1.29, 1.82) is 0 Å². The van der Waals surface area contributed by atoms with Crippen LogP contribution in [0.5, 0.6) is 0 Å². The second-order valence-electron chi connectivity index (χ2n) is 4.74. The molecule has 1 atom stereocenters. The molecule has 0 spiro atoms. The number of carbonyl (C=O) groups excluding carboxylic acids is 2. The molecule has 3 N–H and O–H groups in total. The highest BCUT2D eigenvalue weighted by Crippen LogP contribution is 2.31. The molecule has 1 rings (SSSR count). The SMILES string of the molecule is C#CCNC(=O)C(CC(=O)NO)CC1CCCC1. The van der Waals surface area contributed by atoms with E-state index in [0.29, 0.717) is 12.3 Å². The second kappa shape index (κ2) is 7.72. The van der Waals surface area contributed by atoms with E-state index in [0.717, 1.165) is 12.8 Å². The Kier molecular flexibility index (Phi) is 6.23. The van der Waals surface area contributed by atoms with Gasteiger partial charge in [-0.3, -0.25) is 14.8 Å². The Labute approximate surface area is 107 Å². The van der Waals surface area contributed by atoms with Crippen molar-refractivity contribution in [2.45, 2.75) is 38.5 Å². The number of carbonyl (C=O) groups is 2. The van der Waals surface area contributed by atoms with Crippen LogP contribution in [0, 0.1) is 24.2 Å². The van der Waals surface area contributed by atoms with Gasteiger partial charge in [0.1, 0.15) is 0 Å². The van der Waals surface area contributed by atoms with Crippen molar-refractivity contribution in [2.75, 3.05) is 6.54 Å². The van der Waals surface area contributed by atoms with Crippen molar-refractivity contribution < 1.29 is 14.8 Å². The maximum absolute atomic E-state index is 11.9. The predicted molar refractivity (Wildman–Crippen MR) is 66.5 cm³/mol. The molecule has 100 valence electrons. The molecule has 2 amide bonds. The molecule has 0 heterocycles. The topological polar surface area (TPSA) is 78.4 Å². The molecule has 1 fully saturated rings. The lowest BCUT2D eigenvalue weighted by molar-refractivity contribution is -0.135. The van der Waals surface area contributed by atoms with Crippen LogP contribution in [0.4, 0.5) is 0 Å². The molecular weight excluding hydrogens is 232 g/mol. The molecule has 1 aliphatic rings. The van der Waals surface area contributed by atoms with Gasteiger partial charge in [0.15, 0.2) is 0 Å². The van der Waals surface area contributed by atoms with E-state index in [2.05, 4.69) is 11.2 Å². The zero-order valence-corrected chi connectivity index (χ0v) is 10.4. The summed E-state index contributed by atoms with van der Waals surface area (Å²) >= 11 is 0. The molecule has 0 aromatic heterocycles. The zero-order valence-electron chi connectivity index (χ0n) is 10.4. The van der Waals surface area contributed by atoms with Gasteiger partial charge in [0.2, 0.25) is 11.8 Å². The Morgan fingerprint density at radius 2 is 2.06 bits per heavy atom. The molecule has 5 nitrogen and oxygen atoms in total. The molecule has 5 heteroatoms. The van der Waals surface area contributed by atoms with Gasteiger partial charge in [-0.15, -0.1) is 6.42 Å². The van der Waals surface area contributed by atoms with Gasteiger partial charge in [-0.1, -0.05) is 31.6 Å². The first-order valence-corrected chi connectivity index (χ1v) is 6.31. The normalized spacial score (nSPS) is 16.9. The number of hydroxylamine groups is 1. The quantitative estimate of drug-likeness (QED) is 0.372. The van der Waals surface area contributed by atoms with E-state index in [9.17, 15) is 9.59 Å². The van der Waals surface area contributed by atoms with Gasteiger partial charge < -0.3 is 5.32 Å². The zero-order chi connectivity index (χ0) is 13.4. The summed E-state index contributed by atoms with van der Waals surface area (Å²) in [4.78, 5) is 23.1. The Hall–Kier alpha value is -1.54. The first-order chi connectivity index (χ1) is 8.67. The maximum Gasteiger partial charge on any atom is 0.244 e. The molecule has 0 saturated heterocycles. The predicted octanol–water partition coefficient (Wildman–Crippen LogP) is 0.828. The monoisotopic (exact) mass is 252 g/mol. The van der Waals surface area contributed by atoms with E-state index >= 15 is 0 Å². The Balaban J connectivity index is 2.52. The second-order valence-corrected chi connectivity index (χ2v) is 4.74. The summed E-state index contributed by atoms with van der Waals surface area (Å²) in [6.07, 6.45) is 10.4. The highest BCUT2D eigenvalue weighted by molar-refractivity contribution is 5.85. The smallest absolute Gasteiger partial charge is 0.244 e. The lowest BCUT2D eigenvalue weighted by Crippen LogP contribution is -2.35. The summed E-state index contributed by atoms with van der Waals surface area (Å²) < 4.78 is 0. The van der Waals surface area contributed by atoms with Gasteiger partial charge in [0.25, 0.3) is 0 Å². The fourth-order valence-electron chi connectivity index (χ4n) is 2.48. The van der Waals surface area contributed by atoms with Crippen LogP contribution in [-0.2, 0) is 9.59 Å². The number of amides is 2. The molecule has 0 aromatic carbocycles. The van der Waals surface area contributed by atoms with Crippen LogP contribution in [0.25, 0.3) is 0 Å². The van der Waals surface area contributed by atoms with Crippen molar-refractivity contribution in [3.8, 4) is 12.3 Å². The first-order valence-electron chi connectivity index (χ1n) is 6.31. The fraction of sp³-hybridized carbons (Fsp3) is 0.692. The summed E-state index contributed by atoms with van der Waals surface area (Å²) in [6.45, 7) is 0.167. The van der Waals surface area contributed by atoms with Gasteiger partial charge in [0, 0.05) is 12.3 Å². The van der Waals surface area contributed by atoms with E-state index in [-0.39, 0.29) is 18.9 Å². The van der Waals surface area contributed by atoms with Gasteiger partial charge in [-0.2, -0.15) is 0 Å². The molecular formula is C13H20N2O3. The lowest BCUT2D eigenvalue weighted by atomic mass is 9.90. The van der Waals surface area contributed by atoms with Gasteiger partial charge in [0.05, 0.1) is 6.54 Å². The van der Waals surface area contributed by atoms with Crippen LogP contribution in [0.15, 0.2) is 0 Å². The Morgan fingerprint density at radius 1 is 1.39 bits per heavy atom. The summed E-state index contributed by atoms with van der Waals surface area (Å²) in [7, 11) is 0. The Bertz CT molecular complexity index is 330. The van der Waals surface area contributed by atoms with Crippen LogP contribution >= 0.6 is 0 Å². The lowest BCUT2D eigenvalue weighted by Gasteiger charge is -2.18. The van der Waals surface area contributed by atoms with Gasteiger partial charge in [-0.25, -0.2) is 5.48 Å². The third-order valence-electron chi connectivity index (χ3n) is 3.38. The molecule has 0 radical (unpaired) electrons. The minimum Gasteiger partial charge on any atom is -0.345 e. The number of rotatable bonds is 6. The number of hydrogen-bond donors (Lipinski definition) is 3. The van der Waals surface area contributed by atoms with Crippen LogP contribution in [-0.4, -0.2) is 23.6 Å². The van der Waals surface area contributed by atoms with E-state index < -0.39 is 11.8 Å². The van der Waals surface area contributed by atoms with E-state index in [4.69, 9.17) is 11.6 Å². The van der Waals surface area contributed by atoms with Crippen molar-refractivity contribution in [1.82, 2.24) is 10.8 Å². The molecule has 1 aliphatic carbocycles. The Morgan fingerprint density at radius 3 is 2.61 bits per heavy atom. The fourth-order valence-corrected chi connectivity index (χ4v) is 2.48. The van der Waals surface area contributed by atoms with Gasteiger partial charge >= 0.3 is 0 Å². The largest absolute Gasteiger partial charge is 0.345 e. The standard InChI is InChI=1S/C13H20N2O3/c1-2-7-14-13(17)11(9-12(16)15-18)8-10-5-3-4-6-10/h1,10-11,18H,3-9H2,(H,14,17)(H,15,16). The minimum absolute atomic E-state index is 0.00338. The average Bonchev–Trinajstić information content (AvgIpc) is 2.87. The minimum atomic E-state index is -0.533. The number of nitrogens with one attached hydrogen (secondary N) is 2. The van der Waals surface area contributed by atoms with Crippen molar-refractivity contribution in [3.63, 3.8) is 0 Å². The molecule has 0 aromatic rings. The highest BCUT2D eigenvalue weighted by atomic mass is 16.5. The first kappa shape index (κ1) is 14.5. The van der Waals surface area contributed by atoms with Crippen molar-refractivity contribution >= 4 is 11.8 Å². The van der Waals surface area contributed by atoms with E-state index in [1.165, 1.54) is 12.8 Å². The van der Waals surface area contributed by atoms with Crippen molar-refractivity contribution in [3.05, 3.63) is 0 Å². The maximum atomic E-state index is 11.9.